The summed E-state index contributed by atoms with van der Waals surface area (Å²) in [6.07, 6.45) is 1.08. The van der Waals surface area contributed by atoms with Gasteiger partial charge in [-0.3, -0.25) is 5.32 Å². The number of rotatable bonds is 2. The molecule has 0 aromatic carbocycles. The Morgan fingerprint density at radius 3 is 2.25 bits per heavy atom. The Bertz CT molecular complexity index is 209. The number of terminal acetylenes is 1. The van der Waals surface area contributed by atoms with Gasteiger partial charge in [0, 0.05) is 0 Å². The second kappa shape index (κ2) is 2.67. The monoisotopic (exact) mass is 177 g/mol. The molecule has 0 aliphatic heterocycles. The van der Waals surface area contributed by atoms with Crippen molar-refractivity contribution < 1.29 is 13.2 Å². The van der Waals surface area contributed by atoms with E-state index in [4.69, 9.17) is 6.42 Å². The summed E-state index contributed by atoms with van der Waals surface area (Å²) in [6.45, 7) is 1.55. The Labute approximate surface area is 69.3 Å². The number of halogens is 3. The van der Waals surface area contributed by atoms with Crippen LogP contribution in [0.15, 0.2) is 0 Å². The van der Waals surface area contributed by atoms with Crippen LogP contribution < -0.4 is 5.32 Å². The molecule has 0 aromatic heterocycles. The second-order valence-corrected chi connectivity index (χ2v) is 3.11. The summed E-state index contributed by atoms with van der Waals surface area (Å²) in [6, 6.07) is -0.519. The SMILES string of the molecule is C#CC(C)NC1(C(F)(F)F)CC1. The highest BCUT2D eigenvalue weighted by Gasteiger charge is 2.63. The van der Waals surface area contributed by atoms with E-state index in [0.29, 0.717) is 0 Å². The standard InChI is InChI=1S/C8H10F3N/c1-3-6(2)12-7(4-5-7)8(9,10)11/h1,6,12H,4-5H2,2H3. The average Bonchev–Trinajstić information content (AvgIpc) is 2.67. The topological polar surface area (TPSA) is 12.0 Å². The summed E-state index contributed by atoms with van der Waals surface area (Å²) < 4.78 is 36.8. The van der Waals surface area contributed by atoms with Gasteiger partial charge in [0.15, 0.2) is 0 Å². The van der Waals surface area contributed by atoms with Crippen LogP contribution in [0.3, 0.4) is 0 Å². The van der Waals surface area contributed by atoms with Crippen molar-refractivity contribution in [3.05, 3.63) is 0 Å². The zero-order valence-corrected chi connectivity index (χ0v) is 6.70. The van der Waals surface area contributed by atoms with E-state index in [2.05, 4.69) is 11.2 Å². The summed E-state index contributed by atoms with van der Waals surface area (Å²) in [5.74, 6) is 2.22. The third kappa shape index (κ3) is 1.56. The molecule has 0 spiro atoms. The molecule has 1 rings (SSSR count). The lowest BCUT2D eigenvalue weighted by atomic mass is 10.2. The summed E-state index contributed by atoms with van der Waals surface area (Å²) in [5, 5.41) is 2.40. The maximum Gasteiger partial charge on any atom is 0.406 e. The van der Waals surface area contributed by atoms with Gasteiger partial charge in [0.25, 0.3) is 0 Å². The third-order valence-corrected chi connectivity index (χ3v) is 2.04. The lowest BCUT2D eigenvalue weighted by molar-refractivity contribution is -0.166. The molecule has 1 saturated carbocycles. The third-order valence-electron chi connectivity index (χ3n) is 2.04. The lowest BCUT2D eigenvalue weighted by Gasteiger charge is -2.22. The van der Waals surface area contributed by atoms with Gasteiger partial charge in [-0.05, 0) is 19.8 Å². The van der Waals surface area contributed by atoms with E-state index < -0.39 is 17.8 Å². The molecule has 68 valence electrons. The molecule has 0 amide bonds. The van der Waals surface area contributed by atoms with Crippen molar-refractivity contribution >= 4 is 0 Å². The van der Waals surface area contributed by atoms with E-state index in [0.717, 1.165) is 0 Å². The highest BCUT2D eigenvalue weighted by Crippen LogP contribution is 2.49. The van der Waals surface area contributed by atoms with Gasteiger partial charge in [-0.2, -0.15) is 13.2 Å². The molecule has 1 fully saturated rings. The fourth-order valence-electron chi connectivity index (χ4n) is 1.09. The molecule has 1 unspecified atom stereocenters. The van der Waals surface area contributed by atoms with E-state index in [1.807, 2.05) is 0 Å². The molecular formula is C8H10F3N. The van der Waals surface area contributed by atoms with Crippen LogP contribution in [0, 0.1) is 12.3 Å². The number of hydrogen-bond acceptors (Lipinski definition) is 1. The smallest absolute Gasteiger partial charge is 0.290 e. The highest BCUT2D eigenvalue weighted by molar-refractivity contribution is 5.12. The van der Waals surface area contributed by atoms with Crippen molar-refractivity contribution in [2.75, 3.05) is 0 Å². The first kappa shape index (κ1) is 9.40. The summed E-state index contributed by atoms with van der Waals surface area (Å²) in [4.78, 5) is 0. The molecule has 0 bridgehead atoms. The fourth-order valence-corrected chi connectivity index (χ4v) is 1.09. The van der Waals surface area contributed by atoms with Gasteiger partial charge in [0.1, 0.15) is 5.54 Å². The van der Waals surface area contributed by atoms with Crippen LogP contribution in [0.25, 0.3) is 0 Å². The van der Waals surface area contributed by atoms with Crippen molar-refractivity contribution in [1.82, 2.24) is 5.32 Å². The van der Waals surface area contributed by atoms with Crippen molar-refractivity contribution in [2.45, 2.75) is 37.5 Å². The maximum absolute atomic E-state index is 12.3. The van der Waals surface area contributed by atoms with Gasteiger partial charge in [-0.15, -0.1) is 6.42 Å². The van der Waals surface area contributed by atoms with E-state index in [1.54, 1.807) is 6.92 Å². The Morgan fingerprint density at radius 2 is 2.00 bits per heavy atom. The first-order chi connectivity index (χ1) is 5.41. The molecule has 1 atom stereocenters. The van der Waals surface area contributed by atoms with Crippen LogP contribution in [-0.2, 0) is 0 Å². The highest BCUT2D eigenvalue weighted by atomic mass is 19.4. The predicted octanol–water partition coefficient (Wildman–Crippen LogP) is 1.69. The molecule has 0 aromatic rings. The van der Waals surface area contributed by atoms with E-state index in [1.165, 1.54) is 0 Å². The lowest BCUT2D eigenvalue weighted by Crippen LogP contribution is -2.48. The molecule has 0 heterocycles. The van der Waals surface area contributed by atoms with Crippen molar-refractivity contribution in [3.63, 3.8) is 0 Å². The normalized spacial score (nSPS) is 22.9. The number of hydrogen-bond donors (Lipinski definition) is 1. The summed E-state index contributed by atoms with van der Waals surface area (Å²) in [7, 11) is 0. The van der Waals surface area contributed by atoms with E-state index >= 15 is 0 Å². The molecule has 1 aliphatic carbocycles. The van der Waals surface area contributed by atoms with Gasteiger partial charge in [0.05, 0.1) is 6.04 Å². The molecule has 0 radical (unpaired) electrons. The molecule has 4 heteroatoms. The molecule has 1 aliphatic rings. The Kier molecular flexibility index (Phi) is 2.09. The number of alkyl halides is 3. The minimum atomic E-state index is -4.17. The van der Waals surface area contributed by atoms with Crippen LogP contribution >= 0.6 is 0 Å². The minimum absolute atomic E-state index is 0.141. The zero-order chi connectivity index (χ0) is 9.41. The summed E-state index contributed by atoms with van der Waals surface area (Å²) >= 11 is 0. The van der Waals surface area contributed by atoms with Gasteiger partial charge < -0.3 is 0 Å². The van der Waals surface area contributed by atoms with Gasteiger partial charge >= 0.3 is 6.18 Å². The molecule has 1 nitrogen and oxygen atoms in total. The Hall–Kier alpha value is -0.690. The molecule has 12 heavy (non-hydrogen) atoms. The maximum atomic E-state index is 12.3. The van der Waals surface area contributed by atoms with Crippen molar-refractivity contribution in [3.8, 4) is 12.3 Å². The molecular weight excluding hydrogens is 167 g/mol. The Balaban J connectivity index is 2.58. The first-order valence-corrected chi connectivity index (χ1v) is 3.72. The Morgan fingerprint density at radius 1 is 1.50 bits per heavy atom. The first-order valence-electron chi connectivity index (χ1n) is 3.72. The van der Waals surface area contributed by atoms with Crippen LogP contribution in [0.1, 0.15) is 19.8 Å². The fraction of sp³-hybridized carbons (Fsp3) is 0.750. The second-order valence-electron chi connectivity index (χ2n) is 3.11. The summed E-state index contributed by atoms with van der Waals surface area (Å²) in [5.41, 5.74) is -1.68. The average molecular weight is 177 g/mol. The van der Waals surface area contributed by atoms with Gasteiger partial charge in [-0.1, -0.05) is 5.92 Å². The molecule has 0 saturated heterocycles. The quantitative estimate of drug-likeness (QED) is 0.633. The molecule has 1 N–H and O–H groups in total. The van der Waals surface area contributed by atoms with Gasteiger partial charge in [0.2, 0.25) is 0 Å². The van der Waals surface area contributed by atoms with Crippen LogP contribution in [0.5, 0.6) is 0 Å². The van der Waals surface area contributed by atoms with Crippen LogP contribution in [0.2, 0.25) is 0 Å². The van der Waals surface area contributed by atoms with Crippen LogP contribution in [-0.4, -0.2) is 17.8 Å². The van der Waals surface area contributed by atoms with E-state index in [9.17, 15) is 13.2 Å². The zero-order valence-electron chi connectivity index (χ0n) is 6.70. The van der Waals surface area contributed by atoms with Crippen molar-refractivity contribution in [1.29, 1.82) is 0 Å². The minimum Gasteiger partial charge on any atom is -0.290 e. The van der Waals surface area contributed by atoms with Crippen LogP contribution in [0.4, 0.5) is 13.2 Å². The predicted molar refractivity (Wildman–Crippen MR) is 39.5 cm³/mol. The number of nitrogens with one attached hydrogen (secondary N) is 1. The largest absolute Gasteiger partial charge is 0.406 e. The van der Waals surface area contributed by atoms with Crippen molar-refractivity contribution in [2.24, 2.45) is 0 Å². The van der Waals surface area contributed by atoms with Gasteiger partial charge in [-0.25, -0.2) is 0 Å². The van der Waals surface area contributed by atoms with E-state index in [-0.39, 0.29) is 12.8 Å².